The molecule has 0 radical (unpaired) electrons. The largest absolute Gasteiger partial charge is 0.416 e. The summed E-state index contributed by atoms with van der Waals surface area (Å²) in [5.74, 6) is 3.25. The quantitative estimate of drug-likeness (QED) is 0.367. The molecule has 4 unspecified atom stereocenters. The first-order valence-electron chi connectivity index (χ1n) is 13.8. The van der Waals surface area contributed by atoms with Crippen LogP contribution in [0.5, 0.6) is 0 Å². The fourth-order valence-electron chi connectivity index (χ4n) is 8.17. The van der Waals surface area contributed by atoms with Crippen molar-refractivity contribution in [3.63, 3.8) is 0 Å². The molecular formula is C28H51NO3Si. The van der Waals surface area contributed by atoms with E-state index in [1.807, 2.05) is 0 Å². The molecule has 0 aliphatic heterocycles. The minimum atomic E-state index is -1.71. The summed E-state index contributed by atoms with van der Waals surface area (Å²) in [5.41, 5.74) is -0.274. The van der Waals surface area contributed by atoms with Gasteiger partial charge < -0.3 is 14.8 Å². The van der Waals surface area contributed by atoms with Gasteiger partial charge >= 0.3 is 0 Å². The highest BCUT2D eigenvalue weighted by Gasteiger charge is 2.61. The number of carbonyl (C=O) groups is 1. The van der Waals surface area contributed by atoms with Gasteiger partial charge in [-0.3, -0.25) is 4.79 Å². The number of nitrogens with one attached hydrogen (secondary N) is 1. The second-order valence-electron chi connectivity index (χ2n) is 14.3. The average Bonchev–Trinajstić information content (AvgIpc) is 3.02. The monoisotopic (exact) mass is 477 g/mol. The molecule has 190 valence electrons. The lowest BCUT2D eigenvalue weighted by Crippen LogP contribution is -2.57. The first-order chi connectivity index (χ1) is 15.2. The van der Waals surface area contributed by atoms with Crippen molar-refractivity contribution in [3.8, 4) is 0 Å². The van der Waals surface area contributed by atoms with Crippen LogP contribution < -0.4 is 5.32 Å². The van der Waals surface area contributed by atoms with Gasteiger partial charge in [0.05, 0.1) is 5.60 Å². The number of aliphatic hydroxyl groups is 1. The summed E-state index contributed by atoms with van der Waals surface area (Å²) in [5, 5.41) is 15.3. The molecule has 4 nitrogen and oxygen atoms in total. The molecule has 4 fully saturated rings. The normalized spacial score (nSPS) is 43.7. The standard InChI is InChI=1S/C28H51NO3Si/c1-25(2,3)33(6,7)32-17-16-29-19-28(31)15-14-26(4)20(18-28)8-9-21-22-10-11-24(30)27(22,5)13-12-23(21)26/h20-23,29,31H,8-19H2,1-7H3/t20?,21?,22?,23?,26-,27-,28+/m0/s1. The number of ketones is 1. The highest BCUT2D eigenvalue weighted by molar-refractivity contribution is 6.74. The second kappa shape index (κ2) is 8.71. The van der Waals surface area contributed by atoms with Gasteiger partial charge in [0.1, 0.15) is 5.78 Å². The summed E-state index contributed by atoms with van der Waals surface area (Å²) in [4.78, 5) is 12.7. The van der Waals surface area contributed by atoms with Gasteiger partial charge in [0, 0.05) is 31.5 Å². The van der Waals surface area contributed by atoms with Crippen molar-refractivity contribution >= 4 is 14.1 Å². The number of hydrogen-bond donors (Lipinski definition) is 2. The lowest BCUT2D eigenvalue weighted by atomic mass is 9.44. The van der Waals surface area contributed by atoms with Crippen molar-refractivity contribution in [3.05, 3.63) is 0 Å². The van der Waals surface area contributed by atoms with Crippen LogP contribution in [-0.4, -0.2) is 44.5 Å². The maximum Gasteiger partial charge on any atom is 0.192 e. The van der Waals surface area contributed by atoms with Gasteiger partial charge in [0.2, 0.25) is 0 Å². The molecule has 0 amide bonds. The molecule has 0 aromatic heterocycles. The van der Waals surface area contributed by atoms with E-state index in [0.29, 0.717) is 29.6 Å². The third-order valence-electron chi connectivity index (χ3n) is 11.5. The maximum atomic E-state index is 12.7. The predicted molar refractivity (Wildman–Crippen MR) is 138 cm³/mol. The third-order valence-corrected chi connectivity index (χ3v) is 16.1. The van der Waals surface area contributed by atoms with E-state index >= 15 is 0 Å². The summed E-state index contributed by atoms with van der Waals surface area (Å²) in [6.07, 6.45) is 9.73. The van der Waals surface area contributed by atoms with Crippen LogP contribution in [0.3, 0.4) is 0 Å². The number of rotatable bonds is 6. The minimum Gasteiger partial charge on any atom is -0.416 e. The molecule has 0 bridgehead atoms. The fourth-order valence-corrected chi connectivity index (χ4v) is 9.22. The Morgan fingerprint density at radius 1 is 1.06 bits per heavy atom. The zero-order valence-electron chi connectivity index (χ0n) is 22.6. The molecule has 0 aromatic carbocycles. The van der Waals surface area contributed by atoms with Gasteiger partial charge in [0.25, 0.3) is 0 Å². The summed E-state index contributed by atoms with van der Waals surface area (Å²) < 4.78 is 6.30. The fraction of sp³-hybridized carbons (Fsp3) is 0.964. The number of fused-ring (bicyclic) bond motifs is 5. The SMILES string of the molecule is CC(C)(C)[Si](C)(C)OCCNC[C@@]1(O)CC[C@@]2(C)C(CCC3C2CC[C@]2(C)C(=O)CCC32)C1. The Labute approximate surface area is 204 Å². The maximum absolute atomic E-state index is 12.7. The van der Waals surface area contributed by atoms with Gasteiger partial charge in [-0.15, -0.1) is 0 Å². The van der Waals surface area contributed by atoms with E-state index in [1.165, 1.54) is 19.3 Å². The topological polar surface area (TPSA) is 58.6 Å². The molecule has 0 saturated heterocycles. The highest BCUT2D eigenvalue weighted by Crippen LogP contribution is 2.66. The van der Waals surface area contributed by atoms with Crippen LogP contribution in [0.4, 0.5) is 0 Å². The number of hydrogen-bond acceptors (Lipinski definition) is 4. The molecule has 0 aromatic rings. The summed E-state index contributed by atoms with van der Waals surface area (Å²) >= 11 is 0. The Morgan fingerprint density at radius 3 is 2.48 bits per heavy atom. The zero-order chi connectivity index (χ0) is 24.3. The van der Waals surface area contributed by atoms with E-state index in [-0.39, 0.29) is 10.5 Å². The Bertz CT molecular complexity index is 748. The van der Waals surface area contributed by atoms with Crippen molar-refractivity contribution in [2.24, 2.45) is 34.5 Å². The van der Waals surface area contributed by atoms with Crippen LogP contribution in [-0.2, 0) is 9.22 Å². The summed E-state index contributed by atoms with van der Waals surface area (Å²) in [6.45, 7) is 18.5. The van der Waals surface area contributed by atoms with Crippen LogP contribution in [0, 0.1) is 34.5 Å². The van der Waals surface area contributed by atoms with Gasteiger partial charge in [-0.05, 0) is 98.6 Å². The second-order valence-corrected chi connectivity index (χ2v) is 19.1. The molecular weight excluding hydrogens is 426 g/mol. The molecule has 0 heterocycles. The average molecular weight is 478 g/mol. The Balaban J connectivity index is 1.31. The highest BCUT2D eigenvalue weighted by atomic mass is 28.4. The molecule has 4 aliphatic rings. The van der Waals surface area contributed by atoms with Crippen molar-refractivity contribution in [2.75, 3.05) is 19.7 Å². The van der Waals surface area contributed by atoms with Crippen molar-refractivity contribution < 1.29 is 14.3 Å². The molecule has 4 rings (SSSR count). The van der Waals surface area contributed by atoms with E-state index in [1.54, 1.807) is 0 Å². The van der Waals surface area contributed by atoms with Crippen LogP contribution in [0.1, 0.15) is 92.4 Å². The lowest BCUT2D eigenvalue weighted by molar-refractivity contribution is -0.153. The third kappa shape index (κ3) is 4.54. The molecule has 4 saturated carbocycles. The van der Waals surface area contributed by atoms with Crippen LogP contribution in [0.25, 0.3) is 0 Å². The van der Waals surface area contributed by atoms with Crippen LogP contribution in [0.15, 0.2) is 0 Å². The molecule has 0 spiro atoms. The Morgan fingerprint density at radius 2 is 1.79 bits per heavy atom. The van der Waals surface area contributed by atoms with Crippen LogP contribution in [0.2, 0.25) is 18.1 Å². The van der Waals surface area contributed by atoms with Crippen molar-refractivity contribution in [2.45, 2.75) is 116 Å². The van der Waals surface area contributed by atoms with Crippen molar-refractivity contribution in [1.82, 2.24) is 5.32 Å². The van der Waals surface area contributed by atoms with Crippen molar-refractivity contribution in [1.29, 1.82) is 0 Å². The molecule has 7 atom stereocenters. The molecule has 2 N–H and O–H groups in total. The van der Waals surface area contributed by atoms with Crippen LogP contribution >= 0.6 is 0 Å². The molecule has 33 heavy (non-hydrogen) atoms. The van der Waals surface area contributed by atoms with Gasteiger partial charge in [-0.2, -0.15) is 0 Å². The Kier molecular flexibility index (Phi) is 6.82. The van der Waals surface area contributed by atoms with Gasteiger partial charge in [0.15, 0.2) is 8.32 Å². The van der Waals surface area contributed by atoms with E-state index in [2.05, 4.69) is 53.0 Å². The number of carbonyl (C=O) groups excluding carboxylic acids is 1. The smallest absolute Gasteiger partial charge is 0.192 e. The minimum absolute atomic E-state index is 0.0316. The zero-order valence-corrected chi connectivity index (χ0v) is 23.6. The van der Waals surface area contributed by atoms with Gasteiger partial charge in [-0.1, -0.05) is 34.6 Å². The lowest BCUT2D eigenvalue weighted by Gasteiger charge is -2.61. The Hall–Kier alpha value is -0.233. The summed E-state index contributed by atoms with van der Waals surface area (Å²) in [7, 11) is -1.71. The summed E-state index contributed by atoms with van der Waals surface area (Å²) in [6, 6.07) is 0. The van der Waals surface area contributed by atoms with E-state index in [0.717, 1.165) is 63.5 Å². The molecule has 4 aliphatic carbocycles. The van der Waals surface area contributed by atoms with E-state index in [9.17, 15) is 9.90 Å². The first kappa shape index (κ1) is 25.8. The van der Waals surface area contributed by atoms with E-state index in [4.69, 9.17) is 4.43 Å². The van der Waals surface area contributed by atoms with Gasteiger partial charge in [-0.25, -0.2) is 0 Å². The number of Topliss-reactive ketones (excluding diaryl/α,β-unsaturated/α-hetero) is 1. The predicted octanol–water partition coefficient (Wildman–Crippen LogP) is 5.94. The van der Waals surface area contributed by atoms with E-state index < -0.39 is 13.9 Å². The first-order valence-corrected chi connectivity index (χ1v) is 16.7. The molecule has 5 heteroatoms.